The lowest BCUT2D eigenvalue weighted by molar-refractivity contribution is -0.138. The lowest BCUT2D eigenvalue weighted by Crippen LogP contribution is -2.58. The highest BCUT2D eigenvalue weighted by atomic mass is 19.1. The number of aromatic nitrogens is 1. The monoisotopic (exact) mass is 388 g/mol. The fourth-order valence-corrected chi connectivity index (χ4v) is 3.70. The summed E-state index contributed by atoms with van der Waals surface area (Å²) in [4.78, 5) is 32.1. The normalized spacial score (nSPS) is 18.3. The highest BCUT2D eigenvalue weighted by Gasteiger charge is 2.34. The largest absolute Gasteiger partial charge is 0.357 e. The van der Waals surface area contributed by atoms with Gasteiger partial charge in [-0.2, -0.15) is 0 Å². The second-order valence-electron chi connectivity index (χ2n) is 8.82. The predicted octanol–water partition coefficient (Wildman–Crippen LogP) is 2.50. The summed E-state index contributed by atoms with van der Waals surface area (Å²) < 4.78 is 13.4. The third-order valence-electron chi connectivity index (χ3n) is 4.96. The van der Waals surface area contributed by atoms with Gasteiger partial charge in [0.1, 0.15) is 5.82 Å². The molecule has 2 N–H and O–H groups in total. The molecule has 1 atom stereocenters. The van der Waals surface area contributed by atoms with Crippen LogP contribution in [0.2, 0.25) is 0 Å². The Morgan fingerprint density at radius 3 is 2.79 bits per heavy atom. The molecule has 0 saturated carbocycles. The summed E-state index contributed by atoms with van der Waals surface area (Å²) in [6, 6.07) is 5.96. The number of fused-ring (bicyclic) bond motifs is 1. The number of rotatable bonds is 5. The van der Waals surface area contributed by atoms with Gasteiger partial charge in [-0.15, -0.1) is 0 Å². The van der Waals surface area contributed by atoms with Crippen molar-refractivity contribution in [1.29, 1.82) is 0 Å². The number of halogens is 1. The van der Waals surface area contributed by atoms with E-state index in [0.717, 1.165) is 29.7 Å². The van der Waals surface area contributed by atoms with E-state index in [4.69, 9.17) is 0 Å². The van der Waals surface area contributed by atoms with Crippen molar-refractivity contribution >= 4 is 22.7 Å². The SMILES string of the molecule is CN(Cc1cc2cc(F)ccc2[nH]1)C(=O)C[C@H]1C(=O)NCCN1CC(C)(C)C. The van der Waals surface area contributed by atoms with Crippen molar-refractivity contribution in [2.24, 2.45) is 5.41 Å². The molecular weight excluding hydrogens is 359 g/mol. The van der Waals surface area contributed by atoms with Crippen LogP contribution in [0.3, 0.4) is 0 Å². The predicted molar refractivity (Wildman–Crippen MR) is 107 cm³/mol. The number of nitrogens with zero attached hydrogens (tertiary/aromatic N) is 2. The molecule has 1 aromatic heterocycles. The molecule has 3 rings (SSSR count). The van der Waals surface area contributed by atoms with Crippen molar-refractivity contribution < 1.29 is 14.0 Å². The molecule has 0 spiro atoms. The van der Waals surface area contributed by atoms with Crippen LogP contribution in [-0.4, -0.2) is 59.3 Å². The minimum absolute atomic E-state index is 0.0461. The maximum atomic E-state index is 13.4. The molecule has 0 radical (unpaired) electrons. The van der Waals surface area contributed by atoms with Gasteiger partial charge in [-0.1, -0.05) is 20.8 Å². The number of hydrogen-bond acceptors (Lipinski definition) is 3. The van der Waals surface area contributed by atoms with Gasteiger partial charge in [-0.25, -0.2) is 4.39 Å². The molecule has 152 valence electrons. The number of hydrogen-bond donors (Lipinski definition) is 2. The summed E-state index contributed by atoms with van der Waals surface area (Å²) in [7, 11) is 1.73. The van der Waals surface area contributed by atoms with Gasteiger partial charge in [-0.3, -0.25) is 14.5 Å². The Kier molecular flexibility index (Phi) is 5.74. The number of benzene rings is 1. The van der Waals surface area contributed by atoms with Crippen LogP contribution in [0.4, 0.5) is 4.39 Å². The first kappa shape index (κ1) is 20.3. The Labute approximate surface area is 165 Å². The lowest BCUT2D eigenvalue weighted by atomic mass is 9.94. The summed E-state index contributed by atoms with van der Waals surface area (Å²) in [6.07, 6.45) is 0.146. The zero-order valence-corrected chi connectivity index (χ0v) is 17.0. The van der Waals surface area contributed by atoms with Crippen LogP contribution < -0.4 is 5.32 Å². The summed E-state index contributed by atoms with van der Waals surface area (Å²) in [5, 5.41) is 3.65. The Morgan fingerprint density at radius 2 is 2.07 bits per heavy atom. The average Bonchev–Trinajstić information content (AvgIpc) is 2.97. The van der Waals surface area contributed by atoms with Gasteiger partial charge < -0.3 is 15.2 Å². The number of aromatic amines is 1. The first-order valence-corrected chi connectivity index (χ1v) is 9.65. The van der Waals surface area contributed by atoms with E-state index in [0.29, 0.717) is 13.1 Å². The molecule has 2 amide bonds. The minimum atomic E-state index is -0.445. The first-order valence-electron chi connectivity index (χ1n) is 9.65. The zero-order chi connectivity index (χ0) is 20.5. The zero-order valence-electron chi connectivity index (χ0n) is 17.0. The van der Waals surface area contributed by atoms with E-state index in [1.165, 1.54) is 12.1 Å². The molecule has 0 unspecified atom stereocenters. The quantitative estimate of drug-likeness (QED) is 0.827. The van der Waals surface area contributed by atoms with Gasteiger partial charge in [0.25, 0.3) is 0 Å². The highest BCUT2D eigenvalue weighted by molar-refractivity contribution is 5.89. The van der Waals surface area contributed by atoms with Crippen molar-refractivity contribution in [2.75, 3.05) is 26.7 Å². The van der Waals surface area contributed by atoms with Gasteiger partial charge in [0.05, 0.1) is 19.0 Å². The molecule has 6 nitrogen and oxygen atoms in total. The van der Waals surface area contributed by atoms with Crippen LogP contribution >= 0.6 is 0 Å². The Hall–Kier alpha value is -2.41. The lowest BCUT2D eigenvalue weighted by Gasteiger charge is -2.38. The van der Waals surface area contributed by atoms with E-state index in [2.05, 4.69) is 36.0 Å². The first-order chi connectivity index (χ1) is 13.1. The van der Waals surface area contributed by atoms with E-state index in [1.54, 1.807) is 18.0 Å². The minimum Gasteiger partial charge on any atom is -0.357 e. The smallest absolute Gasteiger partial charge is 0.237 e. The third kappa shape index (κ3) is 4.90. The third-order valence-corrected chi connectivity index (χ3v) is 4.96. The molecule has 1 aromatic carbocycles. The fourth-order valence-electron chi connectivity index (χ4n) is 3.70. The summed E-state index contributed by atoms with van der Waals surface area (Å²) in [6.45, 7) is 8.88. The average molecular weight is 388 g/mol. The van der Waals surface area contributed by atoms with Gasteiger partial charge >= 0.3 is 0 Å². The number of carbonyl (C=O) groups is 2. The van der Waals surface area contributed by atoms with Crippen LogP contribution in [0.5, 0.6) is 0 Å². The number of nitrogens with one attached hydrogen (secondary N) is 2. The molecule has 2 aromatic rings. The van der Waals surface area contributed by atoms with Crippen molar-refractivity contribution in [3.63, 3.8) is 0 Å². The molecular formula is C21H29FN4O2. The molecule has 1 aliphatic rings. The van der Waals surface area contributed by atoms with Crippen molar-refractivity contribution in [3.8, 4) is 0 Å². The topological polar surface area (TPSA) is 68.4 Å². The molecule has 28 heavy (non-hydrogen) atoms. The van der Waals surface area contributed by atoms with E-state index in [1.807, 2.05) is 6.07 Å². The number of piperazine rings is 1. The fraction of sp³-hybridized carbons (Fsp3) is 0.524. The van der Waals surface area contributed by atoms with E-state index >= 15 is 0 Å². The molecule has 1 aliphatic heterocycles. The van der Waals surface area contributed by atoms with E-state index < -0.39 is 6.04 Å². The van der Waals surface area contributed by atoms with Crippen molar-refractivity contribution in [1.82, 2.24) is 20.1 Å². The number of H-pyrrole nitrogens is 1. The molecule has 2 heterocycles. The van der Waals surface area contributed by atoms with Gasteiger partial charge in [0.15, 0.2) is 0 Å². The van der Waals surface area contributed by atoms with Crippen LogP contribution in [0.25, 0.3) is 10.9 Å². The molecule has 1 fully saturated rings. The van der Waals surface area contributed by atoms with Crippen molar-refractivity contribution in [2.45, 2.75) is 39.8 Å². The van der Waals surface area contributed by atoms with Crippen LogP contribution in [0.15, 0.2) is 24.3 Å². The Morgan fingerprint density at radius 1 is 1.32 bits per heavy atom. The summed E-state index contributed by atoms with van der Waals surface area (Å²) in [5.74, 6) is -0.464. The maximum absolute atomic E-state index is 13.4. The Bertz CT molecular complexity index is 871. The summed E-state index contributed by atoms with van der Waals surface area (Å²) >= 11 is 0. The molecule has 0 aliphatic carbocycles. The molecule has 1 saturated heterocycles. The Balaban J connectivity index is 1.66. The summed E-state index contributed by atoms with van der Waals surface area (Å²) in [5.41, 5.74) is 1.71. The van der Waals surface area contributed by atoms with Crippen LogP contribution in [0.1, 0.15) is 32.9 Å². The number of amides is 2. The van der Waals surface area contributed by atoms with E-state index in [-0.39, 0.29) is 29.5 Å². The maximum Gasteiger partial charge on any atom is 0.237 e. The van der Waals surface area contributed by atoms with Gasteiger partial charge in [-0.05, 0) is 29.7 Å². The number of carbonyl (C=O) groups excluding carboxylic acids is 2. The van der Waals surface area contributed by atoms with Crippen LogP contribution in [-0.2, 0) is 16.1 Å². The molecule has 0 bridgehead atoms. The van der Waals surface area contributed by atoms with Crippen molar-refractivity contribution in [3.05, 3.63) is 35.8 Å². The van der Waals surface area contributed by atoms with Gasteiger partial charge in [0, 0.05) is 43.3 Å². The molecule has 7 heteroatoms. The second kappa shape index (κ2) is 7.91. The highest BCUT2D eigenvalue weighted by Crippen LogP contribution is 2.21. The standard InChI is InChI=1S/C21H29FN4O2/c1-21(2,3)13-26-8-7-23-20(28)18(26)11-19(27)25(4)12-16-10-14-9-15(22)5-6-17(14)24-16/h5-6,9-10,18,24H,7-8,11-13H2,1-4H3,(H,23,28)/t18-/m0/s1. The van der Waals surface area contributed by atoms with E-state index in [9.17, 15) is 14.0 Å². The second-order valence-corrected chi connectivity index (χ2v) is 8.82. The van der Waals surface area contributed by atoms with Gasteiger partial charge in [0.2, 0.25) is 11.8 Å². The van der Waals surface area contributed by atoms with Crippen LogP contribution in [0, 0.1) is 11.2 Å².